The van der Waals surface area contributed by atoms with E-state index in [4.69, 9.17) is 9.15 Å². The molecule has 7 heteroatoms. The van der Waals surface area contributed by atoms with Crippen LogP contribution in [0.1, 0.15) is 53.2 Å². The Morgan fingerprint density at radius 3 is 2.25 bits per heavy atom. The fourth-order valence-corrected chi connectivity index (χ4v) is 3.50. The van der Waals surface area contributed by atoms with Crippen molar-refractivity contribution in [1.29, 1.82) is 0 Å². The average molecular weight is 432 g/mol. The maximum Gasteiger partial charge on any atom is 0.316 e. The highest BCUT2D eigenvalue weighted by Gasteiger charge is 2.53. The first-order valence-electron chi connectivity index (χ1n) is 10.5. The molecule has 0 spiro atoms. The van der Waals surface area contributed by atoms with Gasteiger partial charge >= 0.3 is 5.97 Å². The number of amides is 2. The van der Waals surface area contributed by atoms with Crippen molar-refractivity contribution in [2.45, 2.75) is 38.2 Å². The molecule has 4 rings (SSSR count). The lowest BCUT2D eigenvalue weighted by molar-refractivity contribution is -0.150. The number of benzene rings is 2. The maximum absolute atomic E-state index is 12.8. The highest BCUT2D eigenvalue weighted by molar-refractivity contribution is 6.06. The van der Waals surface area contributed by atoms with E-state index in [1.807, 2.05) is 32.0 Å². The molecule has 0 aliphatic heterocycles. The van der Waals surface area contributed by atoms with Gasteiger partial charge in [-0.25, -0.2) is 0 Å². The Morgan fingerprint density at radius 2 is 1.59 bits per heavy atom. The van der Waals surface area contributed by atoms with Gasteiger partial charge in [-0.15, -0.1) is 0 Å². The first kappa shape index (κ1) is 21.4. The van der Waals surface area contributed by atoms with Gasteiger partial charge in [0, 0.05) is 16.9 Å². The number of furan rings is 1. The van der Waals surface area contributed by atoms with Crippen molar-refractivity contribution in [3.8, 4) is 0 Å². The van der Waals surface area contributed by atoms with Gasteiger partial charge in [0.25, 0.3) is 11.8 Å². The van der Waals surface area contributed by atoms with E-state index in [0.29, 0.717) is 16.9 Å². The summed E-state index contributed by atoms with van der Waals surface area (Å²) < 4.78 is 10.5. The monoisotopic (exact) mass is 432 g/mol. The van der Waals surface area contributed by atoms with Crippen molar-refractivity contribution < 1.29 is 23.5 Å². The van der Waals surface area contributed by atoms with Gasteiger partial charge in [0.05, 0.1) is 17.8 Å². The van der Waals surface area contributed by atoms with Crippen LogP contribution in [0.3, 0.4) is 0 Å². The second kappa shape index (κ2) is 8.70. The molecule has 0 saturated heterocycles. The topological polar surface area (TPSA) is 97.6 Å². The number of esters is 1. The molecule has 1 heterocycles. The van der Waals surface area contributed by atoms with E-state index in [9.17, 15) is 14.4 Å². The Bertz CT molecular complexity index is 1150. The summed E-state index contributed by atoms with van der Waals surface area (Å²) in [6.45, 7) is 3.66. The van der Waals surface area contributed by atoms with Gasteiger partial charge in [-0.2, -0.15) is 0 Å². The zero-order valence-electron chi connectivity index (χ0n) is 17.9. The Morgan fingerprint density at radius 1 is 0.906 bits per heavy atom. The van der Waals surface area contributed by atoms with Gasteiger partial charge in [0.2, 0.25) is 0 Å². The summed E-state index contributed by atoms with van der Waals surface area (Å²) in [7, 11) is 0. The van der Waals surface area contributed by atoms with Gasteiger partial charge in [0.15, 0.2) is 5.76 Å². The molecule has 164 valence electrons. The molecule has 0 atom stereocenters. The molecule has 1 aliphatic carbocycles. The highest BCUT2D eigenvalue weighted by atomic mass is 16.5. The summed E-state index contributed by atoms with van der Waals surface area (Å²) in [6, 6.07) is 17.1. The number of nitrogens with one attached hydrogen (secondary N) is 2. The van der Waals surface area contributed by atoms with Crippen LogP contribution in [0.2, 0.25) is 0 Å². The van der Waals surface area contributed by atoms with Gasteiger partial charge in [-0.05, 0) is 74.7 Å². The minimum Gasteiger partial charge on any atom is -0.462 e. The minimum atomic E-state index is -0.624. The molecule has 2 aromatic carbocycles. The normalized spacial score (nSPS) is 14.0. The Labute approximate surface area is 185 Å². The van der Waals surface area contributed by atoms with E-state index in [0.717, 1.165) is 18.4 Å². The van der Waals surface area contributed by atoms with Crippen LogP contribution in [-0.2, 0) is 14.9 Å². The maximum atomic E-state index is 12.8. The molecule has 3 aromatic rings. The Balaban J connectivity index is 1.46. The first-order chi connectivity index (χ1) is 15.4. The molecule has 1 aliphatic rings. The van der Waals surface area contributed by atoms with Crippen molar-refractivity contribution in [1.82, 2.24) is 0 Å². The zero-order chi connectivity index (χ0) is 22.7. The fourth-order valence-electron chi connectivity index (χ4n) is 3.50. The molecule has 0 unspecified atom stereocenters. The lowest BCUT2D eigenvalue weighted by atomic mass is 9.95. The molecular weight excluding hydrogens is 408 g/mol. The summed E-state index contributed by atoms with van der Waals surface area (Å²) in [6.07, 6.45) is 2.70. The summed E-state index contributed by atoms with van der Waals surface area (Å²) >= 11 is 0. The number of carbonyl (C=O) groups excluding carboxylic acids is 3. The second-order valence-electron chi connectivity index (χ2n) is 8.08. The van der Waals surface area contributed by atoms with Crippen LogP contribution in [0.25, 0.3) is 0 Å². The molecule has 2 amide bonds. The Kier molecular flexibility index (Phi) is 5.81. The van der Waals surface area contributed by atoms with Crippen LogP contribution >= 0.6 is 0 Å². The molecule has 1 fully saturated rings. The predicted octanol–water partition coefficient (Wildman–Crippen LogP) is 4.77. The summed E-state index contributed by atoms with van der Waals surface area (Å²) in [5, 5.41) is 5.57. The van der Waals surface area contributed by atoms with E-state index in [2.05, 4.69) is 10.6 Å². The molecule has 2 N–H and O–H groups in total. The Hall–Kier alpha value is -3.87. The number of ether oxygens (including phenoxy) is 1. The number of anilines is 2. The molecule has 1 aromatic heterocycles. The van der Waals surface area contributed by atoms with E-state index < -0.39 is 11.3 Å². The van der Waals surface area contributed by atoms with Crippen molar-refractivity contribution in [3.63, 3.8) is 0 Å². The van der Waals surface area contributed by atoms with E-state index in [-0.39, 0.29) is 23.7 Å². The minimum absolute atomic E-state index is 0.177. The van der Waals surface area contributed by atoms with E-state index >= 15 is 0 Å². The lowest BCUT2D eigenvalue weighted by Gasteiger charge is -2.18. The van der Waals surface area contributed by atoms with Gasteiger partial charge < -0.3 is 19.8 Å². The highest BCUT2D eigenvalue weighted by Crippen LogP contribution is 2.49. The second-order valence-corrected chi connectivity index (χ2v) is 8.08. The third-order valence-corrected chi connectivity index (χ3v) is 5.28. The third-order valence-electron chi connectivity index (χ3n) is 5.28. The van der Waals surface area contributed by atoms with Crippen molar-refractivity contribution in [2.75, 3.05) is 10.6 Å². The SMILES string of the molecule is CC(C)OC(=O)C1(c2cccc(NC(=O)c3cccc(NC(=O)c4ccco4)c3)c2)CC1. The van der Waals surface area contributed by atoms with Gasteiger partial charge in [-0.1, -0.05) is 18.2 Å². The standard InChI is InChI=1S/C25H24N2O5/c1-16(2)32-24(30)25(11-12-25)18-7-4-9-20(15-18)26-22(28)17-6-3-8-19(14-17)27-23(29)21-10-5-13-31-21/h3-10,13-16H,11-12H2,1-2H3,(H,26,28)(H,27,29). The number of hydrogen-bond donors (Lipinski definition) is 2. The number of carbonyl (C=O) groups is 3. The molecule has 0 radical (unpaired) electrons. The van der Waals surface area contributed by atoms with Crippen LogP contribution < -0.4 is 10.6 Å². The van der Waals surface area contributed by atoms with Crippen LogP contribution in [0.5, 0.6) is 0 Å². The van der Waals surface area contributed by atoms with Crippen molar-refractivity contribution in [3.05, 3.63) is 83.8 Å². The van der Waals surface area contributed by atoms with E-state index in [1.165, 1.54) is 6.26 Å². The molecule has 32 heavy (non-hydrogen) atoms. The van der Waals surface area contributed by atoms with E-state index in [1.54, 1.807) is 42.5 Å². The van der Waals surface area contributed by atoms with Crippen LogP contribution in [0, 0.1) is 0 Å². The average Bonchev–Trinajstić information content (AvgIpc) is 3.40. The summed E-state index contributed by atoms with van der Waals surface area (Å²) in [4.78, 5) is 37.5. The number of hydrogen-bond acceptors (Lipinski definition) is 5. The lowest BCUT2D eigenvalue weighted by Crippen LogP contribution is -2.26. The molecule has 7 nitrogen and oxygen atoms in total. The summed E-state index contributed by atoms with van der Waals surface area (Å²) in [5.74, 6) is -0.772. The zero-order valence-corrected chi connectivity index (χ0v) is 17.9. The largest absolute Gasteiger partial charge is 0.462 e. The molecule has 1 saturated carbocycles. The van der Waals surface area contributed by atoms with Crippen molar-refractivity contribution in [2.24, 2.45) is 0 Å². The fraction of sp³-hybridized carbons (Fsp3) is 0.240. The molecular formula is C25H24N2O5. The van der Waals surface area contributed by atoms with Crippen LogP contribution in [0.15, 0.2) is 71.3 Å². The number of rotatable bonds is 7. The third kappa shape index (κ3) is 4.56. The molecule has 0 bridgehead atoms. The van der Waals surface area contributed by atoms with Crippen molar-refractivity contribution >= 4 is 29.2 Å². The smallest absolute Gasteiger partial charge is 0.316 e. The quantitative estimate of drug-likeness (QED) is 0.524. The summed E-state index contributed by atoms with van der Waals surface area (Å²) in [5.41, 5.74) is 1.65. The predicted molar refractivity (Wildman–Crippen MR) is 120 cm³/mol. The van der Waals surface area contributed by atoms with Gasteiger partial charge in [0.1, 0.15) is 0 Å². The first-order valence-corrected chi connectivity index (χ1v) is 10.5. The van der Waals surface area contributed by atoms with Gasteiger partial charge in [-0.3, -0.25) is 14.4 Å². The van der Waals surface area contributed by atoms with Crippen LogP contribution in [0.4, 0.5) is 11.4 Å². The van der Waals surface area contributed by atoms with Crippen LogP contribution in [-0.4, -0.2) is 23.9 Å².